The molecule has 0 radical (unpaired) electrons. The maximum atomic E-state index is 12.6. The molecule has 4 nitrogen and oxygen atoms in total. The average Bonchev–Trinajstić information content (AvgIpc) is 2.85. The first-order valence-electron chi connectivity index (χ1n) is 8.17. The topological polar surface area (TPSA) is 49.2 Å². The van der Waals surface area contributed by atoms with Crippen LogP contribution in [0.1, 0.15) is 24.8 Å². The van der Waals surface area contributed by atoms with Crippen molar-refractivity contribution in [1.29, 1.82) is 5.26 Å². The number of fused-ring (bicyclic) bond motifs is 1. The zero-order valence-electron chi connectivity index (χ0n) is 13.9. The lowest BCUT2D eigenvalue weighted by Crippen LogP contribution is -2.30. The predicted octanol–water partition coefficient (Wildman–Crippen LogP) is 4.43. The lowest BCUT2D eigenvalue weighted by molar-refractivity contribution is -0.0497. The maximum absolute atomic E-state index is 12.6. The molecule has 7 heteroatoms. The second-order valence-electron chi connectivity index (χ2n) is 5.99. The van der Waals surface area contributed by atoms with Crippen LogP contribution >= 0.6 is 11.8 Å². The highest BCUT2D eigenvalue weighted by molar-refractivity contribution is 7.99. The number of ether oxygens (including phenoxy) is 1. The number of nitriles is 1. The quantitative estimate of drug-likeness (QED) is 0.804. The zero-order valence-corrected chi connectivity index (χ0v) is 14.7. The fraction of sp³-hybridized carbons (Fsp3) is 0.444. The molecule has 1 unspecified atom stereocenters. The van der Waals surface area contributed by atoms with Gasteiger partial charge in [0, 0.05) is 29.9 Å². The minimum atomic E-state index is -2.88. The van der Waals surface area contributed by atoms with E-state index < -0.39 is 6.61 Å². The van der Waals surface area contributed by atoms with E-state index in [0.717, 1.165) is 38.0 Å². The van der Waals surface area contributed by atoms with Crippen LogP contribution in [0.25, 0.3) is 10.9 Å². The Morgan fingerprint density at radius 2 is 2.24 bits per heavy atom. The number of halogens is 2. The van der Waals surface area contributed by atoms with Gasteiger partial charge in [0.2, 0.25) is 0 Å². The second kappa shape index (κ2) is 7.87. The van der Waals surface area contributed by atoms with E-state index in [1.54, 1.807) is 18.3 Å². The van der Waals surface area contributed by atoms with Crippen LogP contribution in [0.3, 0.4) is 0 Å². The van der Waals surface area contributed by atoms with Gasteiger partial charge in [-0.15, -0.1) is 0 Å². The minimum absolute atomic E-state index is 0.0804. The summed E-state index contributed by atoms with van der Waals surface area (Å²) in [7, 11) is 0. The monoisotopic (exact) mass is 363 g/mol. The molecule has 25 heavy (non-hydrogen) atoms. The fourth-order valence-electron chi connectivity index (χ4n) is 3.25. The molecule has 132 valence electrons. The molecular weight excluding hydrogens is 344 g/mol. The summed E-state index contributed by atoms with van der Waals surface area (Å²) in [5.41, 5.74) is 1.90. The Labute approximate surface area is 149 Å². The average molecular weight is 363 g/mol. The van der Waals surface area contributed by atoms with Gasteiger partial charge in [-0.2, -0.15) is 25.8 Å². The summed E-state index contributed by atoms with van der Waals surface area (Å²) in [4.78, 5) is 6.49. The highest BCUT2D eigenvalue weighted by atomic mass is 32.2. The van der Waals surface area contributed by atoms with Crippen LogP contribution in [0.4, 0.5) is 14.5 Å². The van der Waals surface area contributed by atoms with E-state index in [1.165, 1.54) is 6.07 Å². The number of alkyl halides is 2. The third-order valence-corrected chi connectivity index (χ3v) is 5.49. The van der Waals surface area contributed by atoms with Gasteiger partial charge in [0.1, 0.15) is 11.8 Å². The molecule has 0 amide bonds. The van der Waals surface area contributed by atoms with Gasteiger partial charge < -0.3 is 9.64 Å². The van der Waals surface area contributed by atoms with Gasteiger partial charge in [-0.3, -0.25) is 4.98 Å². The minimum Gasteiger partial charge on any atom is -0.435 e. The Hall–Kier alpha value is -2.07. The van der Waals surface area contributed by atoms with E-state index in [-0.39, 0.29) is 5.75 Å². The fourth-order valence-corrected chi connectivity index (χ4v) is 3.99. The second-order valence-corrected chi connectivity index (χ2v) is 7.13. The van der Waals surface area contributed by atoms with Crippen molar-refractivity contribution in [2.45, 2.75) is 31.1 Å². The Kier molecular flexibility index (Phi) is 5.59. The van der Waals surface area contributed by atoms with Crippen molar-refractivity contribution in [1.82, 2.24) is 4.98 Å². The van der Waals surface area contributed by atoms with Crippen molar-refractivity contribution in [3.63, 3.8) is 0 Å². The highest BCUT2D eigenvalue weighted by Crippen LogP contribution is 2.34. The van der Waals surface area contributed by atoms with Crippen LogP contribution in [-0.4, -0.2) is 36.2 Å². The number of pyridine rings is 1. The van der Waals surface area contributed by atoms with Gasteiger partial charge >= 0.3 is 6.61 Å². The standard InChI is InChI=1S/C18H19F2N3OS/c1-25-14-4-2-3-7-23(11-14)17-12(9-21)10-22-16-6-5-13(8-15(16)17)24-18(19)20/h5-6,8,10,14,18H,2-4,7,11H2,1H3. The number of aromatic nitrogens is 1. The van der Waals surface area contributed by atoms with E-state index in [1.807, 2.05) is 11.8 Å². The van der Waals surface area contributed by atoms with Gasteiger partial charge in [-0.1, -0.05) is 6.42 Å². The Morgan fingerprint density at radius 1 is 1.40 bits per heavy atom. The molecule has 2 heterocycles. The van der Waals surface area contributed by atoms with E-state index in [2.05, 4.69) is 26.9 Å². The van der Waals surface area contributed by atoms with Crippen LogP contribution in [0.2, 0.25) is 0 Å². The molecule has 0 saturated carbocycles. The summed E-state index contributed by atoms with van der Waals surface area (Å²) < 4.78 is 29.7. The van der Waals surface area contributed by atoms with Gasteiger partial charge in [0.25, 0.3) is 0 Å². The summed E-state index contributed by atoms with van der Waals surface area (Å²) in [6.45, 7) is -1.22. The predicted molar refractivity (Wildman–Crippen MR) is 96.5 cm³/mol. The van der Waals surface area contributed by atoms with Crippen molar-refractivity contribution < 1.29 is 13.5 Å². The van der Waals surface area contributed by atoms with Crippen LogP contribution in [-0.2, 0) is 0 Å². The molecule has 1 atom stereocenters. The molecule has 1 aliphatic heterocycles. The SMILES string of the molecule is CSC1CCCCN(c2c(C#N)cnc3ccc(OC(F)F)cc23)C1. The van der Waals surface area contributed by atoms with Crippen LogP contribution in [0, 0.1) is 11.3 Å². The summed E-state index contributed by atoms with van der Waals surface area (Å²) in [6.07, 6.45) is 6.98. The molecule has 0 bridgehead atoms. The molecule has 0 N–H and O–H groups in total. The lowest BCUT2D eigenvalue weighted by atomic mass is 10.1. The van der Waals surface area contributed by atoms with E-state index in [9.17, 15) is 14.0 Å². The van der Waals surface area contributed by atoms with Gasteiger partial charge in [-0.05, 0) is 37.3 Å². The van der Waals surface area contributed by atoms with Gasteiger partial charge in [0.15, 0.2) is 0 Å². The summed E-state index contributed by atoms with van der Waals surface area (Å²) >= 11 is 1.82. The molecule has 3 rings (SSSR count). The van der Waals surface area contributed by atoms with Crippen molar-refractivity contribution in [3.05, 3.63) is 30.0 Å². The number of nitrogens with zero attached hydrogens (tertiary/aromatic N) is 3. The van der Waals surface area contributed by atoms with Crippen molar-refractivity contribution >= 4 is 28.4 Å². The van der Waals surface area contributed by atoms with Gasteiger partial charge in [0.05, 0.1) is 16.8 Å². The number of hydrogen-bond acceptors (Lipinski definition) is 5. The first kappa shape index (κ1) is 17.7. The number of anilines is 1. The van der Waals surface area contributed by atoms with Crippen LogP contribution in [0.15, 0.2) is 24.4 Å². The van der Waals surface area contributed by atoms with Crippen LogP contribution in [0.5, 0.6) is 5.75 Å². The van der Waals surface area contributed by atoms with Crippen LogP contribution < -0.4 is 9.64 Å². The number of rotatable bonds is 4. The Balaban J connectivity index is 2.11. The lowest BCUT2D eigenvalue weighted by Gasteiger charge is -2.28. The zero-order chi connectivity index (χ0) is 17.8. The van der Waals surface area contributed by atoms with Crippen molar-refractivity contribution in [2.24, 2.45) is 0 Å². The normalized spacial score (nSPS) is 18.2. The molecule has 0 spiro atoms. The Morgan fingerprint density at radius 3 is 2.96 bits per heavy atom. The van der Waals surface area contributed by atoms with E-state index in [4.69, 9.17) is 0 Å². The molecule has 1 fully saturated rings. The molecule has 1 aromatic heterocycles. The molecule has 1 aromatic carbocycles. The maximum Gasteiger partial charge on any atom is 0.387 e. The highest BCUT2D eigenvalue weighted by Gasteiger charge is 2.22. The van der Waals surface area contributed by atoms with Gasteiger partial charge in [-0.25, -0.2) is 0 Å². The van der Waals surface area contributed by atoms with E-state index in [0.29, 0.717) is 21.7 Å². The summed E-state index contributed by atoms with van der Waals surface area (Å²) in [6, 6.07) is 6.89. The largest absolute Gasteiger partial charge is 0.435 e. The number of benzene rings is 1. The number of hydrogen-bond donors (Lipinski definition) is 0. The van der Waals surface area contributed by atoms with E-state index >= 15 is 0 Å². The third-order valence-electron chi connectivity index (χ3n) is 4.43. The summed E-state index contributed by atoms with van der Waals surface area (Å²) in [5, 5.41) is 10.7. The molecule has 1 aliphatic rings. The first-order chi connectivity index (χ1) is 12.1. The first-order valence-corrected chi connectivity index (χ1v) is 9.46. The third kappa shape index (κ3) is 3.96. The smallest absolute Gasteiger partial charge is 0.387 e. The molecule has 0 aliphatic carbocycles. The van der Waals surface area contributed by atoms with Crippen molar-refractivity contribution in [2.75, 3.05) is 24.2 Å². The number of thioether (sulfide) groups is 1. The molecule has 2 aromatic rings. The molecular formula is C18H19F2N3OS. The summed E-state index contributed by atoms with van der Waals surface area (Å²) in [5.74, 6) is 0.0804. The van der Waals surface area contributed by atoms with Crippen molar-refractivity contribution in [3.8, 4) is 11.8 Å². The Bertz CT molecular complexity index is 794. The molecule has 1 saturated heterocycles.